The van der Waals surface area contributed by atoms with Crippen molar-refractivity contribution in [2.75, 3.05) is 44.2 Å². The highest BCUT2D eigenvalue weighted by molar-refractivity contribution is 5.92. The van der Waals surface area contributed by atoms with E-state index < -0.39 is 17.4 Å². The first kappa shape index (κ1) is 20.5. The van der Waals surface area contributed by atoms with Crippen LogP contribution in [-0.2, 0) is 6.18 Å². The molecule has 162 valence electrons. The van der Waals surface area contributed by atoms with Gasteiger partial charge in [0.15, 0.2) is 0 Å². The van der Waals surface area contributed by atoms with Gasteiger partial charge in [0.2, 0.25) is 0 Å². The van der Waals surface area contributed by atoms with Gasteiger partial charge in [-0.25, -0.2) is 4.79 Å². The number of nitrogens with zero attached hydrogens (tertiary/aromatic N) is 3. The van der Waals surface area contributed by atoms with Crippen LogP contribution >= 0.6 is 0 Å². The summed E-state index contributed by atoms with van der Waals surface area (Å²) < 4.78 is 39.0. The largest absolute Gasteiger partial charge is 0.416 e. The molecule has 1 aromatic carbocycles. The van der Waals surface area contributed by atoms with E-state index in [0.717, 1.165) is 32.0 Å². The van der Waals surface area contributed by atoms with Crippen molar-refractivity contribution in [2.45, 2.75) is 25.1 Å². The lowest BCUT2D eigenvalue weighted by molar-refractivity contribution is -0.137. The summed E-state index contributed by atoms with van der Waals surface area (Å²) in [6.07, 6.45) is -1.11. The number of aromatic nitrogens is 2. The van der Waals surface area contributed by atoms with E-state index in [-0.39, 0.29) is 17.6 Å². The second-order valence-electron chi connectivity index (χ2n) is 7.77. The molecule has 2 N–H and O–H groups in total. The van der Waals surface area contributed by atoms with Crippen LogP contribution in [-0.4, -0.2) is 71.0 Å². The van der Waals surface area contributed by atoms with Gasteiger partial charge in [-0.3, -0.25) is 9.69 Å². The average molecular weight is 423 g/mol. The van der Waals surface area contributed by atoms with E-state index in [9.17, 15) is 22.8 Å². The molecule has 7 nitrogen and oxygen atoms in total. The Labute approximate surface area is 171 Å². The highest BCUT2D eigenvalue weighted by atomic mass is 19.4. The number of hydrogen-bond acceptors (Lipinski definition) is 4. The van der Waals surface area contributed by atoms with Gasteiger partial charge in [-0.15, -0.1) is 0 Å². The van der Waals surface area contributed by atoms with E-state index in [1.807, 2.05) is 4.90 Å². The summed E-state index contributed by atoms with van der Waals surface area (Å²) in [6, 6.07) is 5.65. The molecule has 0 spiro atoms. The Morgan fingerprint density at radius 2 is 1.87 bits per heavy atom. The quantitative estimate of drug-likeness (QED) is 0.794. The van der Waals surface area contributed by atoms with Gasteiger partial charge in [0.05, 0.1) is 5.56 Å². The van der Waals surface area contributed by atoms with Gasteiger partial charge in [0, 0.05) is 57.2 Å². The number of likely N-dealkylation sites (tertiary alicyclic amines) is 1. The van der Waals surface area contributed by atoms with Crippen LogP contribution in [0.1, 0.15) is 28.9 Å². The Bertz CT molecular complexity index is 946. The molecule has 0 unspecified atom stereocenters. The number of piperidine rings is 1. The zero-order valence-electron chi connectivity index (χ0n) is 16.4. The number of alkyl halides is 3. The van der Waals surface area contributed by atoms with Crippen molar-refractivity contribution < 1.29 is 18.0 Å². The zero-order valence-corrected chi connectivity index (χ0v) is 16.4. The summed E-state index contributed by atoms with van der Waals surface area (Å²) in [5.41, 5.74) is -0.194. The van der Waals surface area contributed by atoms with Crippen LogP contribution in [0.2, 0.25) is 0 Å². The van der Waals surface area contributed by atoms with Crippen LogP contribution in [0.3, 0.4) is 0 Å². The van der Waals surface area contributed by atoms with Crippen LogP contribution in [0.5, 0.6) is 0 Å². The first-order chi connectivity index (χ1) is 14.3. The minimum Gasteiger partial charge on any atom is -0.369 e. The lowest BCUT2D eigenvalue weighted by atomic mass is 10.0. The number of carbonyl (C=O) groups excluding carboxylic acids is 1. The maximum Gasteiger partial charge on any atom is 0.416 e. The molecule has 2 saturated heterocycles. The minimum absolute atomic E-state index is 0.194. The van der Waals surface area contributed by atoms with Crippen molar-refractivity contribution in [1.29, 1.82) is 0 Å². The van der Waals surface area contributed by atoms with Crippen molar-refractivity contribution in [1.82, 2.24) is 19.8 Å². The number of piperazine rings is 1. The summed E-state index contributed by atoms with van der Waals surface area (Å²) in [7, 11) is 0. The van der Waals surface area contributed by atoms with Crippen LogP contribution in [0.15, 0.2) is 35.3 Å². The molecular weight excluding hydrogens is 399 g/mol. The Balaban J connectivity index is 1.36. The summed E-state index contributed by atoms with van der Waals surface area (Å²) in [4.78, 5) is 34.9. The Hall–Kier alpha value is -2.75. The van der Waals surface area contributed by atoms with Gasteiger partial charge in [0.1, 0.15) is 5.69 Å². The predicted molar refractivity (Wildman–Crippen MR) is 106 cm³/mol. The molecule has 1 aromatic heterocycles. The lowest BCUT2D eigenvalue weighted by Gasteiger charge is -2.44. The van der Waals surface area contributed by atoms with Crippen molar-refractivity contribution in [3.05, 3.63) is 52.2 Å². The Morgan fingerprint density at radius 1 is 1.10 bits per heavy atom. The first-order valence-electron chi connectivity index (χ1n) is 10.0. The third kappa shape index (κ3) is 4.38. The third-order valence-corrected chi connectivity index (χ3v) is 5.88. The fourth-order valence-electron chi connectivity index (χ4n) is 4.28. The molecule has 3 heterocycles. The fraction of sp³-hybridized carbons (Fsp3) is 0.500. The molecule has 10 heteroatoms. The number of nitrogens with one attached hydrogen (secondary N) is 2. The minimum atomic E-state index is -4.35. The number of anilines is 1. The van der Waals surface area contributed by atoms with Crippen molar-refractivity contribution in [2.24, 2.45) is 0 Å². The molecule has 4 rings (SSSR count). The van der Waals surface area contributed by atoms with Crippen LogP contribution < -0.4 is 10.6 Å². The Kier molecular flexibility index (Phi) is 5.59. The molecule has 2 fully saturated rings. The lowest BCUT2D eigenvalue weighted by Crippen LogP contribution is -2.56. The van der Waals surface area contributed by atoms with Crippen molar-refractivity contribution >= 4 is 11.6 Å². The zero-order chi connectivity index (χ0) is 21.3. The monoisotopic (exact) mass is 423 g/mol. The molecule has 0 radical (unpaired) electrons. The summed E-state index contributed by atoms with van der Waals surface area (Å²) in [6.45, 7) is 3.95. The highest BCUT2D eigenvalue weighted by Gasteiger charge is 2.33. The van der Waals surface area contributed by atoms with Gasteiger partial charge in [-0.2, -0.15) is 13.2 Å². The van der Waals surface area contributed by atoms with Gasteiger partial charge < -0.3 is 19.8 Å². The normalized spacial score (nSPS) is 21.1. The molecular formula is C20H24F3N5O2. The number of hydrogen-bond donors (Lipinski definition) is 2. The molecule has 2 aromatic rings. The Morgan fingerprint density at radius 3 is 2.53 bits per heavy atom. The smallest absolute Gasteiger partial charge is 0.369 e. The second kappa shape index (κ2) is 8.17. The number of rotatable bonds is 3. The fourth-order valence-corrected chi connectivity index (χ4v) is 4.28. The standard InChI is InChI=1S/C20H24F3N5O2/c21-20(22,23)14-3-1-4-15(11-14)26-7-9-27(10-8-26)16-5-2-6-28(13-16)18(29)17-12-24-19(30)25-17/h1,3-4,11-12,16H,2,5-10,13H2,(H2,24,25,30)/t16-/m0/s1. The van der Waals surface area contributed by atoms with Crippen molar-refractivity contribution in [3.8, 4) is 0 Å². The van der Waals surface area contributed by atoms with Gasteiger partial charge in [0.25, 0.3) is 5.91 Å². The first-order valence-corrected chi connectivity index (χ1v) is 10.0. The number of carbonyl (C=O) groups is 1. The molecule has 30 heavy (non-hydrogen) atoms. The average Bonchev–Trinajstić information content (AvgIpc) is 3.19. The number of H-pyrrole nitrogens is 2. The highest BCUT2D eigenvalue weighted by Crippen LogP contribution is 2.32. The number of benzene rings is 1. The third-order valence-electron chi connectivity index (χ3n) is 5.88. The summed E-state index contributed by atoms with van der Waals surface area (Å²) >= 11 is 0. The van der Waals surface area contributed by atoms with E-state index in [2.05, 4.69) is 14.9 Å². The number of halogens is 3. The summed E-state index contributed by atoms with van der Waals surface area (Å²) in [5, 5.41) is 0. The number of imidazole rings is 1. The van der Waals surface area contributed by atoms with E-state index in [1.165, 1.54) is 18.3 Å². The van der Waals surface area contributed by atoms with Gasteiger partial charge >= 0.3 is 11.9 Å². The van der Waals surface area contributed by atoms with Gasteiger partial charge in [-0.05, 0) is 31.0 Å². The van der Waals surface area contributed by atoms with E-state index in [4.69, 9.17) is 0 Å². The topological polar surface area (TPSA) is 75.4 Å². The molecule has 1 amide bonds. The van der Waals surface area contributed by atoms with Crippen LogP contribution in [0, 0.1) is 0 Å². The maximum absolute atomic E-state index is 13.0. The maximum atomic E-state index is 13.0. The second-order valence-corrected chi connectivity index (χ2v) is 7.77. The van der Waals surface area contributed by atoms with E-state index in [0.29, 0.717) is 31.9 Å². The molecule has 2 aliphatic rings. The predicted octanol–water partition coefficient (Wildman–Crippen LogP) is 2.15. The summed E-state index contributed by atoms with van der Waals surface area (Å²) in [5.74, 6) is -0.194. The van der Waals surface area contributed by atoms with E-state index in [1.54, 1.807) is 11.0 Å². The SMILES string of the molecule is O=C(c1c[nH]c(=O)[nH]1)N1CCC[C@H](N2CCN(c3cccc(C(F)(F)F)c3)CC2)C1. The molecule has 2 aliphatic heterocycles. The number of aromatic amines is 2. The van der Waals surface area contributed by atoms with Crippen molar-refractivity contribution in [3.63, 3.8) is 0 Å². The molecule has 0 aliphatic carbocycles. The van der Waals surface area contributed by atoms with Gasteiger partial charge in [-0.1, -0.05) is 6.07 Å². The number of amides is 1. The molecule has 1 atom stereocenters. The van der Waals surface area contributed by atoms with E-state index >= 15 is 0 Å². The van der Waals surface area contributed by atoms with Crippen LogP contribution in [0.25, 0.3) is 0 Å². The van der Waals surface area contributed by atoms with Crippen LogP contribution in [0.4, 0.5) is 18.9 Å². The molecule has 0 bridgehead atoms. The molecule has 0 saturated carbocycles.